The predicted molar refractivity (Wildman–Crippen MR) is 76.8 cm³/mol. The van der Waals surface area contributed by atoms with Crippen LogP contribution in [0.25, 0.3) is 10.9 Å². The minimum Gasteiger partial charge on any atom is -0.382 e. The summed E-state index contributed by atoms with van der Waals surface area (Å²) in [7, 11) is 0. The molecule has 2 rings (SSSR count). The van der Waals surface area contributed by atoms with E-state index >= 15 is 0 Å². The molecule has 0 saturated heterocycles. The van der Waals surface area contributed by atoms with Crippen LogP contribution in [0.4, 0.5) is 5.69 Å². The number of hydrogen-bond acceptors (Lipinski definition) is 4. The van der Waals surface area contributed by atoms with Gasteiger partial charge in [0.25, 0.3) is 0 Å². The van der Waals surface area contributed by atoms with Crippen molar-refractivity contribution >= 4 is 16.6 Å². The average Bonchev–Trinajstić information content (AvgIpc) is 2.37. The number of rotatable bonds is 3. The van der Waals surface area contributed by atoms with Gasteiger partial charge in [-0.05, 0) is 17.9 Å². The van der Waals surface area contributed by atoms with Crippen LogP contribution in [0.1, 0.15) is 32.9 Å². The van der Waals surface area contributed by atoms with Gasteiger partial charge < -0.3 is 5.32 Å². The molecule has 0 aliphatic heterocycles. The first kappa shape index (κ1) is 13.3. The van der Waals surface area contributed by atoms with E-state index in [1.165, 1.54) is 0 Å². The van der Waals surface area contributed by atoms with Crippen molar-refractivity contribution in [3.05, 3.63) is 30.0 Å². The van der Waals surface area contributed by atoms with Crippen LogP contribution in [0.3, 0.4) is 0 Å². The Morgan fingerprint density at radius 2 is 1.95 bits per heavy atom. The monoisotopic (exact) mass is 254 g/mol. The summed E-state index contributed by atoms with van der Waals surface area (Å²) < 4.78 is 0. The summed E-state index contributed by atoms with van der Waals surface area (Å²) in [4.78, 5) is 0. The molecule has 4 nitrogen and oxygen atoms in total. The Kier molecular flexibility index (Phi) is 3.66. The zero-order chi connectivity index (χ0) is 13.9. The lowest BCUT2D eigenvalue weighted by molar-refractivity contribution is 0.390. The molecule has 0 aliphatic rings. The second-order valence-corrected chi connectivity index (χ2v) is 5.79. The normalized spacial score (nSPS) is 11.3. The van der Waals surface area contributed by atoms with Crippen molar-refractivity contribution in [1.82, 2.24) is 10.2 Å². The Hall–Kier alpha value is -2.15. The van der Waals surface area contributed by atoms with Crippen molar-refractivity contribution in [2.24, 2.45) is 5.41 Å². The van der Waals surface area contributed by atoms with Gasteiger partial charge in [-0.2, -0.15) is 5.26 Å². The molecule has 4 heteroatoms. The number of benzene rings is 1. The number of nitrogens with one attached hydrogen (secondary N) is 1. The van der Waals surface area contributed by atoms with Crippen LogP contribution in [-0.2, 0) is 0 Å². The first-order chi connectivity index (χ1) is 9.01. The van der Waals surface area contributed by atoms with Crippen LogP contribution in [0.2, 0.25) is 0 Å². The maximum atomic E-state index is 9.14. The Labute approximate surface area is 113 Å². The molecule has 0 spiro atoms. The Balaban J connectivity index is 2.32. The number of anilines is 1. The summed E-state index contributed by atoms with van der Waals surface area (Å²) in [5, 5.41) is 21.5. The topological polar surface area (TPSA) is 61.6 Å². The van der Waals surface area contributed by atoms with Crippen LogP contribution in [-0.4, -0.2) is 16.7 Å². The molecule has 98 valence electrons. The van der Waals surface area contributed by atoms with E-state index in [-0.39, 0.29) is 5.41 Å². The summed E-state index contributed by atoms with van der Waals surface area (Å²) in [6.07, 6.45) is 1.02. The molecule has 0 bridgehead atoms. The Morgan fingerprint density at radius 3 is 2.63 bits per heavy atom. The lowest BCUT2D eigenvalue weighted by atomic mass is 9.92. The van der Waals surface area contributed by atoms with Crippen molar-refractivity contribution in [2.45, 2.75) is 27.2 Å². The van der Waals surface area contributed by atoms with E-state index in [4.69, 9.17) is 5.26 Å². The van der Waals surface area contributed by atoms with E-state index in [2.05, 4.69) is 42.4 Å². The van der Waals surface area contributed by atoms with Gasteiger partial charge in [-0.25, -0.2) is 0 Å². The van der Waals surface area contributed by atoms with Crippen molar-refractivity contribution in [1.29, 1.82) is 5.26 Å². The van der Waals surface area contributed by atoms with Gasteiger partial charge in [-0.1, -0.05) is 39.0 Å². The number of aromatic nitrogens is 2. The molecule has 19 heavy (non-hydrogen) atoms. The second kappa shape index (κ2) is 5.23. The molecule has 0 radical (unpaired) electrons. The van der Waals surface area contributed by atoms with Crippen LogP contribution >= 0.6 is 0 Å². The van der Waals surface area contributed by atoms with Gasteiger partial charge in [0.05, 0.1) is 11.2 Å². The summed E-state index contributed by atoms with van der Waals surface area (Å²) >= 11 is 0. The predicted octanol–water partition coefficient (Wildman–Crippen LogP) is 3.35. The fraction of sp³-hybridized carbons (Fsp3) is 0.400. The minimum absolute atomic E-state index is 0.260. The Morgan fingerprint density at radius 1 is 1.21 bits per heavy atom. The fourth-order valence-electron chi connectivity index (χ4n) is 1.87. The highest BCUT2D eigenvalue weighted by Gasteiger charge is 2.12. The van der Waals surface area contributed by atoms with Crippen molar-refractivity contribution in [3.8, 4) is 6.07 Å². The Bertz CT molecular complexity index is 620. The first-order valence-electron chi connectivity index (χ1n) is 6.41. The zero-order valence-corrected chi connectivity index (χ0v) is 11.6. The number of fused-ring (bicyclic) bond motifs is 1. The van der Waals surface area contributed by atoms with Crippen LogP contribution in [0.5, 0.6) is 0 Å². The molecule has 0 atom stereocenters. The van der Waals surface area contributed by atoms with Crippen LogP contribution < -0.4 is 5.32 Å². The summed E-state index contributed by atoms with van der Waals surface area (Å²) in [5.41, 5.74) is 2.21. The average molecular weight is 254 g/mol. The molecule has 1 heterocycles. The maximum Gasteiger partial charge on any atom is 0.186 e. The molecule has 2 aromatic rings. The molecule has 1 N–H and O–H groups in total. The zero-order valence-electron chi connectivity index (χ0n) is 11.6. The number of nitriles is 1. The highest BCUT2D eigenvalue weighted by atomic mass is 15.1. The third-order valence-corrected chi connectivity index (χ3v) is 2.95. The maximum absolute atomic E-state index is 9.14. The molecule has 0 aliphatic carbocycles. The lowest BCUT2D eigenvalue weighted by Gasteiger charge is -2.19. The molecular weight excluding hydrogens is 236 g/mol. The molecule has 0 unspecified atom stereocenters. The van der Waals surface area contributed by atoms with E-state index in [9.17, 15) is 0 Å². The number of nitrogens with zero attached hydrogens (tertiary/aromatic N) is 3. The quantitative estimate of drug-likeness (QED) is 0.912. The second-order valence-electron chi connectivity index (χ2n) is 5.79. The van der Waals surface area contributed by atoms with Crippen molar-refractivity contribution < 1.29 is 0 Å². The van der Waals surface area contributed by atoms with Gasteiger partial charge in [-0.15, -0.1) is 10.2 Å². The number of hydrogen-bond donors (Lipinski definition) is 1. The molecule has 0 amide bonds. The van der Waals surface area contributed by atoms with Crippen molar-refractivity contribution in [3.63, 3.8) is 0 Å². The van der Waals surface area contributed by atoms with E-state index in [0.717, 1.165) is 29.6 Å². The third kappa shape index (κ3) is 3.19. The SMILES string of the molecule is CC(C)(C)CCNc1c(C#N)nnc2ccccc12. The molecule has 1 aromatic carbocycles. The summed E-state index contributed by atoms with van der Waals surface area (Å²) in [6.45, 7) is 7.40. The van der Waals surface area contributed by atoms with E-state index in [1.807, 2.05) is 24.3 Å². The molecule has 0 saturated carbocycles. The van der Waals surface area contributed by atoms with Gasteiger partial charge in [0.1, 0.15) is 6.07 Å². The van der Waals surface area contributed by atoms with Gasteiger partial charge >= 0.3 is 0 Å². The van der Waals surface area contributed by atoms with E-state index < -0.39 is 0 Å². The fourth-order valence-corrected chi connectivity index (χ4v) is 1.87. The standard InChI is InChI=1S/C15H18N4/c1-15(2,3)8-9-17-14-11-6-4-5-7-12(11)18-19-13(14)10-16/h4-7H,8-9H2,1-3H3,(H,17,18). The van der Waals surface area contributed by atoms with Gasteiger partial charge in [-0.3, -0.25) is 0 Å². The van der Waals surface area contributed by atoms with Gasteiger partial charge in [0.2, 0.25) is 0 Å². The molecule has 1 aromatic heterocycles. The van der Waals surface area contributed by atoms with Gasteiger partial charge in [0.15, 0.2) is 5.69 Å². The largest absolute Gasteiger partial charge is 0.382 e. The van der Waals surface area contributed by atoms with Crippen LogP contribution in [0.15, 0.2) is 24.3 Å². The summed E-state index contributed by atoms with van der Waals surface area (Å²) in [5.74, 6) is 0. The highest BCUT2D eigenvalue weighted by Crippen LogP contribution is 2.25. The lowest BCUT2D eigenvalue weighted by Crippen LogP contribution is -2.14. The molecular formula is C15H18N4. The summed E-state index contributed by atoms with van der Waals surface area (Å²) in [6, 6.07) is 9.83. The van der Waals surface area contributed by atoms with E-state index in [0.29, 0.717) is 5.69 Å². The first-order valence-corrected chi connectivity index (χ1v) is 6.41. The van der Waals surface area contributed by atoms with E-state index in [1.54, 1.807) is 0 Å². The van der Waals surface area contributed by atoms with Crippen molar-refractivity contribution in [2.75, 3.05) is 11.9 Å². The molecule has 0 fully saturated rings. The smallest absolute Gasteiger partial charge is 0.186 e. The highest BCUT2D eigenvalue weighted by molar-refractivity contribution is 5.92. The third-order valence-electron chi connectivity index (χ3n) is 2.95. The van der Waals surface area contributed by atoms with Gasteiger partial charge in [0, 0.05) is 11.9 Å². The van der Waals surface area contributed by atoms with Crippen LogP contribution in [0, 0.1) is 16.7 Å². The minimum atomic E-state index is 0.260.